The van der Waals surface area contributed by atoms with Crippen LogP contribution in [-0.2, 0) is 0 Å². The fourth-order valence-corrected chi connectivity index (χ4v) is 5.88. The molecule has 0 radical (unpaired) electrons. The predicted molar refractivity (Wildman–Crippen MR) is 66.1 cm³/mol. The summed E-state index contributed by atoms with van der Waals surface area (Å²) in [6.07, 6.45) is 6.41. The third-order valence-electron chi connectivity index (χ3n) is 6.79. The van der Waals surface area contributed by atoms with Crippen molar-refractivity contribution in [2.75, 3.05) is 0 Å². The first kappa shape index (κ1) is 11.1. The molecule has 3 unspecified atom stereocenters. The van der Waals surface area contributed by atoms with Crippen molar-refractivity contribution in [2.45, 2.75) is 65.4 Å². The summed E-state index contributed by atoms with van der Waals surface area (Å²) < 4.78 is 0. The summed E-state index contributed by atoms with van der Waals surface area (Å²) in [7, 11) is 0. The maximum atomic E-state index is 10.6. The Kier molecular flexibility index (Phi) is 1.98. The lowest BCUT2D eigenvalue weighted by molar-refractivity contribution is -0.0717. The molecule has 1 N–H and O–H groups in total. The molecule has 0 saturated heterocycles. The Morgan fingerprint density at radius 3 is 2.38 bits per heavy atom. The summed E-state index contributed by atoms with van der Waals surface area (Å²) >= 11 is 0. The van der Waals surface area contributed by atoms with Gasteiger partial charge in [0.05, 0.1) is 5.60 Å². The van der Waals surface area contributed by atoms with E-state index in [4.69, 9.17) is 0 Å². The summed E-state index contributed by atoms with van der Waals surface area (Å²) in [6.45, 7) is 9.38. The zero-order valence-corrected chi connectivity index (χ0v) is 11.2. The molecule has 5 atom stereocenters. The molecule has 1 spiro atoms. The van der Waals surface area contributed by atoms with Crippen LogP contribution < -0.4 is 0 Å². The molecule has 3 aliphatic carbocycles. The van der Waals surface area contributed by atoms with Gasteiger partial charge in [-0.2, -0.15) is 0 Å². The van der Waals surface area contributed by atoms with Crippen LogP contribution in [0, 0.1) is 28.6 Å². The zero-order chi connectivity index (χ0) is 11.8. The highest BCUT2D eigenvalue weighted by Crippen LogP contribution is 2.73. The Hall–Kier alpha value is -0.0400. The van der Waals surface area contributed by atoms with Gasteiger partial charge in [0.15, 0.2) is 0 Å². The first-order valence-corrected chi connectivity index (χ1v) is 7.03. The fourth-order valence-electron chi connectivity index (χ4n) is 5.88. The molecule has 3 rings (SSSR count). The van der Waals surface area contributed by atoms with Gasteiger partial charge in [-0.25, -0.2) is 0 Å². The lowest BCUT2D eigenvalue weighted by atomic mass is 9.64. The van der Waals surface area contributed by atoms with Crippen LogP contribution in [0.15, 0.2) is 0 Å². The van der Waals surface area contributed by atoms with Crippen molar-refractivity contribution < 1.29 is 5.11 Å². The Morgan fingerprint density at radius 2 is 1.69 bits per heavy atom. The Morgan fingerprint density at radius 1 is 1.00 bits per heavy atom. The van der Waals surface area contributed by atoms with Gasteiger partial charge in [-0.15, -0.1) is 0 Å². The maximum Gasteiger partial charge on any atom is 0.0653 e. The molecule has 1 heteroatoms. The molecule has 0 aromatic rings. The maximum absolute atomic E-state index is 10.6. The zero-order valence-electron chi connectivity index (χ0n) is 11.2. The van der Waals surface area contributed by atoms with E-state index >= 15 is 0 Å². The van der Waals surface area contributed by atoms with Gasteiger partial charge in [0.2, 0.25) is 0 Å². The van der Waals surface area contributed by atoms with E-state index < -0.39 is 5.60 Å². The Bertz CT molecular complexity index is 313. The van der Waals surface area contributed by atoms with Gasteiger partial charge in [0.1, 0.15) is 0 Å². The molecule has 0 amide bonds. The molecule has 0 heterocycles. The van der Waals surface area contributed by atoms with Gasteiger partial charge in [-0.05, 0) is 67.6 Å². The molecule has 0 aromatic heterocycles. The van der Waals surface area contributed by atoms with E-state index in [1.165, 1.54) is 25.7 Å². The summed E-state index contributed by atoms with van der Waals surface area (Å²) in [4.78, 5) is 0. The molecule has 2 bridgehead atoms. The van der Waals surface area contributed by atoms with Gasteiger partial charge in [-0.1, -0.05) is 20.8 Å². The average molecular weight is 222 g/mol. The van der Waals surface area contributed by atoms with Gasteiger partial charge < -0.3 is 5.11 Å². The van der Waals surface area contributed by atoms with Crippen molar-refractivity contribution >= 4 is 0 Å². The molecule has 3 fully saturated rings. The van der Waals surface area contributed by atoms with Gasteiger partial charge in [0, 0.05) is 0 Å². The molecule has 1 nitrogen and oxygen atoms in total. The number of aliphatic hydroxyl groups is 1. The summed E-state index contributed by atoms with van der Waals surface area (Å²) in [5, 5.41) is 10.6. The van der Waals surface area contributed by atoms with E-state index in [1.807, 2.05) is 0 Å². The highest BCUT2D eigenvalue weighted by molar-refractivity contribution is 5.16. The molecule has 0 aliphatic heterocycles. The minimum Gasteiger partial charge on any atom is -0.390 e. The largest absolute Gasteiger partial charge is 0.390 e. The van der Waals surface area contributed by atoms with Crippen molar-refractivity contribution in [1.82, 2.24) is 0 Å². The normalized spacial score (nSPS) is 58.7. The van der Waals surface area contributed by atoms with Crippen LogP contribution in [-0.4, -0.2) is 10.7 Å². The molecule has 3 aliphatic rings. The smallest absolute Gasteiger partial charge is 0.0653 e. The van der Waals surface area contributed by atoms with Gasteiger partial charge in [-0.3, -0.25) is 0 Å². The summed E-state index contributed by atoms with van der Waals surface area (Å²) in [6, 6.07) is 0. The van der Waals surface area contributed by atoms with E-state index in [-0.39, 0.29) is 0 Å². The minimum absolute atomic E-state index is 0.352. The van der Waals surface area contributed by atoms with Crippen LogP contribution >= 0.6 is 0 Å². The first-order chi connectivity index (χ1) is 7.31. The minimum atomic E-state index is -0.404. The third kappa shape index (κ3) is 1.06. The van der Waals surface area contributed by atoms with Crippen molar-refractivity contribution in [3.8, 4) is 0 Å². The summed E-state index contributed by atoms with van der Waals surface area (Å²) in [5.41, 5.74) is 0.542. The molecule has 16 heavy (non-hydrogen) atoms. The summed E-state index contributed by atoms with van der Waals surface area (Å²) in [5.74, 6) is 2.29. The van der Waals surface area contributed by atoms with Crippen molar-refractivity contribution in [2.24, 2.45) is 28.6 Å². The van der Waals surface area contributed by atoms with Crippen LogP contribution in [0.25, 0.3) is 0 Å². The highest BCUT2D eigenvalue weighted by atomic mass is 16.3. The SMILES string of the molecule is CC1CCC2C(C)(C)C3C[C@@]12CC[C@@]3(C)O. The third-order valence-corrected chi connectivity index (χ3v) is 6.79. The number of hydrogen-bond acceptors (Lipinski definition) is 1. The Labute approximate surface area is 99.6 Å². The number of hydrogen-bond donors (Lipinski definition) is 1. The van der Waals surface area contributed by atoms with Crippen molar-refractivity contribution in [1.29, 1.82) is 0 Å². The van der Waals surface area contributed by atoms with Crippen molar-refractivity contribution in [3.63, 3.8) is 0 Å². The highest BCUT2D eigenvalue weighted by Gasteiger charge is 2.67. The monoisotopic (exact) mass is 222 g/mol. The standard InChI is InChI=1S/C15H26O/c1-10-5-6-11-13(2,3)12-9-15(10,11)8-7-14(12,4)16/h10-12,16H,5-9H2,1-4H3/t10?,11?,12?,14-,15+/m1/s1. The van der Waals surface area contributed by atoms with Crippen LogP contribution in [0.4, 0.5) is 0 Å². The second-order valence-corrected chi connectivity index (χ2v) is 7.70. The topological polar surface area (TPSA) is 20.2 Å². The van der Waals surface area contributed by atoms with E-state index in [9.17, 15) is 5.11 Å². The molecular formula is C15H26O. The average Bonchev–Trinajstić information content (AvgIpc) is 2.58. The number of fused-ring (bicyclic) bond motifs is 1. The lowest BCUT2D eigenvalue weighted by Gasteiger charge is -2.44. The van der Waals surface area contributed by atoms with Crippen LogP contribution in [0.5, 0.6) is 0 Å². The van der Waals surface area contributed by atoms with Crippen LogP contribution in [0.2, 0.25) is 0 Å². The van der Waals surface area contributed by atoms with E-state index in [1.54, 1.807) is 0 Å². The quantitative estimate of drug-likeness (QED) is 0.664. The van der Waals surface area contributed by atoms with Gasteiger partial charge >= 0.3 is 0 Å². The lowest BCUT2D eigenvalue weighted by Crippen LogP contribution is -2.44. The molecule has 92 valence electrons. The number of rotatable bonds is 0. The van der Waals surface area contributed by atoms with Gasteiger partial charge in [0.25, 0.3) is 0 Å². The van der Waals surface area contributed by atoms with E-state index in [0.29, 0.717) is 16.7 Å². The second-order valence-electron chi connectivity index (χ2n) is 7.70. The first-order valence-electron chi connectivity index (χ1n) is 7.03. The van der Waals surface area contributed by atoms with Crippen LogP contribution in [0.3, 0.4) is 0 Å². The van der Waals surface area contributed by atoms with Crippen molar-refractivity contribution in [3.05, 3.63) is 0 Å². The molecule has 0 aromatic carbocycles. The molecule has 3 saturated carbocycles. The Balaban J connectivity index is 2.07. The van der Waals surface area contributed by atoms with E-state index in [0.717, 1.165) is 18.3 Å². The van der Waals surface area contributed by atoms with Crippen LogP contribution in [0.1, 0.15) is 59.8 Å². The fraction of sp³-hybridized carbons (Fsp3) is 1.00. The molecular weight excluding hydrogens is 196 g/mol. The van der Waals surface area contributed by atoms with E-state index in [2.05, 4.69) is 27.7 Å². The second kappa shape index (κ2) is 2.85. The predicted octanol–water partition coefficient (Wildman–Crippen LogP) is 3.61.